The normalized spacial score (nSPS) is 17.5. The molecule has 1 saturated carbocycles. The van der Waals surface area contributed by atoms with Crippen LogP contribution in [-0.2, 0) is 6.42 Å². The number of rotatable bonds is 4. The average molecular weight is 293 g/mol. The molecule has 1 heterocycles. The van der Waals surface area contributed by atoms with Gasteiger partial charge < -0.3 is 14.7 Å². The first-order chi connectivity index (χ1) is 10.0. The minimum Gasteiger partial charge on any atom is -0.359 e. The number of carbonyl (C=O) groups excluding carboxylic acids is 1. The Hall–Kier alpha value is -1.52. The Bertz CT molecular complexity index is 478. The number of hydrogen-bond acceptors (Lipinski definition) is 3. The van der Waals surface area contributed by atoms with E-state index in [1.54, 1.807) is 0 Å². The summed E-state index contributed by atoms with van der Waals surface area (Å²) in [4.78, 5) is 14.3. The molecular formula is C16H27N3O2. The lowest BCUT2D eigenvalue weighted by Crippen LogP contribution is -2.43. The summed E-state index contributed by atoms with van der Waals surface area (Å²) in [5, 5.41) is 6.93. The molecule has 1 aliphatic rings. The first kappa shape index (κ1) is 15.9. The van der Waals surface area contributed by atoms with Crippen molar-refractivity contribution in [3.8, 4) is 0 Å². The van der Waals surface area contributed by atoms with Crippen molar-refractivity contribution in [3.05, 3.63) is 11.5 Å². The molecule has 1 aromatic rings. The summed E-state index contributed by atoms with van der Waals surface area (Å²) in [6.07, 6.45) is 7.11. The molecule has 1 fully saturated rings. The van der Waals surface area contributed by atoms with Crippen LogP contribution >= 0.6 is 0 Å². The van der Waals surface area contributed by atoms with Gasteiger partial charge in [-0.15, -0.1) is 0 Å². The highest BCUT2D eigenvalue weighted by atomic mass is 16.5. The molecule has 118 valence electrons. The Morgan fingerprint density at radius 3 is 2.71 bits per heavy atom. The molecule has 1 N–H and O–H groups in total. The first-order valence-electron chi connectivity index (χ1n) is 8.03. The summed E-state index contributed by atoms with van der Waals surface area (Å²) in [6.45, 7) is 5.98. The molecule has 1 aromatic heterocycles. The van der Waals surface area contributed by atoms with Crippen LogP contribution in [0, 0.1) is 12.8 Å². The van der Waals surface area contributed by atoms with Gasteiger partial charge in [0.2, 0.25) is 0 Å². The van der Waals surface area contributed by atoms with Crippen molar-refractivity contribution in [2.45, 2.75) is 65.3 Å². The monoisotopic (exact) mass is 293 g/mol. The largest absolute Gasteiger partial charge is 0.359 e. The number of nitrogens with zero attached hydrogens (tertiary/aromatic N) is 2. The smallest absolute Gasteiger partial charge is 0.321 e. The summed E-state index contributed by atoms with van der Waals surface area (Å²) in [5.74, 6) is 1.28. The van der Waals surface area contributed by atoms with Gasteiger partial charge in [0.15, 0.2) is 5.76 Å². The number of aromatic nitrogens is 1. The molecule has 1 unspecified atom stereocenters. The maximum atomic E-state index is 12.5. The van der Waals surface area contributed by atoms with Gasteiger partial charge in [-0.1, -0.05) is 31.3 Å². The molecule has 21 heavy (non-hydrogen) atoms. The molecule has 0 aliphatic heterocycles. The third-order valence-corrected chi connectivity index (χ3v) is 4.76. The lowest BCUT2D eigenvalue weighted by Gasteiger charge is -2.34. The van der Waals surface area contributed by atoms with Gasteiger partial charge in [-0.05, 0) is 39.0 Å². The summed E-state index contributed by atoms with van der Waals surface area (Å²) in [6, 6.07) is 0.185. The number of amides is 2. The van der Waals surface area contributed by atoms with E-state index in [0.29, 0.717) is 11.7 Å². The minimum absolute atomic E-state index is 0.0749. The zero-order chi connectivity index (χ0) is 15.4. The highest BCUT2D eigenvalue weighted by Gasteiger charge is 2.27. The SMILES string of the molecule is CCc1noc(C)c1NC(=O)N(C)C(C)C1CCCCC1. The fourth-order valence-electron chi connectivity index (χ4n) is 3.13. The summed E-state index contributed by atoms with van der Waals surface area (Å²) in [7, 11) is 1.88. The minimum atomic E-state index is -0.0749. The van der Waals surface area contributed by atoms with E-state index < -0.39 is 0 Å². The lowest BCUT2D eigenvalue weighted by atomic mass is 9.84. The van der Waals surface area contributed by atoms with Crippen LogP contribution in [0.4, 0.5) is 10.5 Å². The molecule has 0 aromatic carbocycles. The quantitative estimate of drug-likeness (QED) is 0.913. The molecule has 1 aliphatic carbocycles. The highest BCUT2D eigenvalue weighted by molar-refractivity contribution is 5.90. The predicted molar refractivity (Wildman–Crippen MR) is 83.4 cm³/mol. The fourth-order valence-corrected chi connectivity index (χ4v) is 3.13. The van der Waals surface area contributed by atoms with Crippen LogP contribution < -0.4 is 5.32 Å². The second-order valence-corrected chi connectivity index (χ2v) is 6.09. The Labute approximate surface area is 127 Å². The number of carbonyl (C=O) groups is 1. The van der Waals surface area contributed by atoms with E-state index in [2.05, 4.69) is 17.4 Å². The number of urea groups is 1. The van der Waals surface area contributed by atoms with Crippen molar-refractivity contribution in [2.75, 3.05) is 12.4 Å². The highest BCUT2D eigenvalue weighted by Crippen LogP contribution is 2.29. The maximum absolute atomic E-state index is 12.5. The van der Waals surface area contributed by atoms with Crippen molar-refractivity contribution in [1.29, 1.82) is 0 Å². The van der Waals surface area contributed by atoms with Crippen LogP contribution in [0.25, 0.3) is 0 Å². The van der Waals surface area contributed by atoms with E-state index in [4.69, 9.17) is 4.52 Å². The molecule has 0 radical (unpaired) electrons. The predicted octanol–water partition coefficient (Wildman–Crippen LogP) is 3.98. The van der Waals surface area contributed by atoms with Crippen LogP contribution in [0.5, 0.6) is 0 Å². The Morgan fingerprint density at radius 2 is 2.10 bits per heavy atom. The van der Waals surface area contributed by atoms with Gasteiger partial charge in [0.25, 0.3) is 0 Å². The third-order valence-electron chi connectivity index (χ3n) is 4.76. The topological polar surface area (TPSA) is 58.4 Å². The van der Waals surface area contributed by atoms with Crippen molar-refractivity contribution in [3.63, 3.8) is 0 Å². The van der Waals surface area contributed by atoms with Crippen LogP contribution in [0.15, 0.2) is 4.52 Å². The van der Waals surface area contributed by atoms with Crippen LogP contribution in [0.2, 0.25) is 0 Å². The van der Waals surface area contributed by atoms with Crippen molar-refractivity contribution in [2.24, 2.45) is 5.92 Å². The van der Waals surface area contributed by atoms with Crippen molar-refractivity contribution < 1.29 is 9.32 Å². The molecule has 5 nitrogen and oxygen atoms in total. The fraction of sp³-hybridized carbons (Fsp3) is 0.750. The zero-order valence-electron chi connectivity index (χ0n) is 13.6. The standard InChI is InChI=1S/C16H27N3O2/c1-5-14-15(12(3)21-18-14)17-16(20)19(4)11(2)13-9-7-6-8-10-13/h11,13H,5-10H2,1-4H3,(H,17,20). The molecule has 1 atom stereocenters. The zero-order valence-corrected chi connectivity index (χ0v) is 13.6. The summed E-state index contributed by atoms with van der Waals surface area (Å²) < 4.78 is 5.16. The average Bonchev–Trinajstić information content (AvgIpc) is 2.87. The van der Waals surface area contributed by atoms with Crippen LogP contribution in [0.1, 0.15) is 57.4 Å². The van der Waals surface area contributed by atoms with Crippen molar-refractivity contribution >= 4 is 11.7 Å². The van der Waals surface area contributed by atoms with Gasteiger partial charge in [-0.25, -0.2) is 4.79 Å². The third kappa shape index (κ3) is 3.57. The second kappa shape index (κ2) is 6.96. The molecule has 5 heteroatoms. The summed E-state index contributed by atoms with van der Waals surface area (Å²) >= 11 is 0. The van der Waals surface area contributed by atoms with Gasteiger partial charge >= 0.3 is 6.03 Å². The van der Waals surface area contributed by atoms with E-state index in [1.165, 1.54) is 32.1 Å². The Balaban J connectivity index is 2.00. The molecule has 2 amide bonds. The van der Waals surface area contributed by atoms with E-state index in [0.717, 1.165) is 17.8 Å². The second-order valence-electron chi connectivity index (χ2n) is 6.09. The van der Waals surface area contributed by atoms with E-state index in [9.17, 15) is 4.79 Å². The van der Waals surface area contributed by atoms with Crippen LogP contribution in [0.3, 0.4) is 0 Å². The van der Waals surface area contributed by atoms with Gasteiger partial charge in [0.05, 0.1) is 0 Å². The number of aryl methyl sites for hydroxylation is 2. The van der Waals surface area contributed by atoms with E-state index in [1.807, 2.05) is 25.8 Å². The van der Waals surface area contributed by atoms with Crippen molar-refractivity contribution in [1.82, 2.24) is 10.1 Å². The van der Waals surface area contributed by atoms with Gasteiger partial charge in [-0.3, -0.25) is 0 Å². The van der Waals surface area contributed by atoms with E-state index in [-0.39, 0.29) is 12.1 Å². The molecular weight excluding hydrogens is 266 g/mol. The van der Waals surface area contributed by atoms with Gasteiger partial charge in [-0.2, -0.15) is 0 Å². The van der Waals surface area contributed by atoms with Gasteiger partial charge in [0.1, 0.15) is 11.4 Å². The van der Waals surface area contributed by atoms with E-state index >= 15 is 0 Å². The Morgan fingerprint density at radius 1 is 1.43 bits per heavy atom. The van der Waals surface area contributed by atoms with Crippen LogP contribution in [-0.4, -0.2) is 29.2 Å². The molecule has 0 saturated heterocycles. The Kier molecular flexibility index (Phi) is 5.26. The maximum Gasteiger partial charge on any atom is 0.321 e. The molecule has 0 bridgehead atoms. The lowest BCUT2D eigenvalue weighted by molar-refractivity contribution is 0.167. The molecule has 0 spiro atoms. The first-order valence-corrected chi connectivity index (χ1v) is 8.03. The number of anilines is 1. The summed E-state index contributed by atoms with van der Waals surface area (Å²) in [5.41, 5.74) is 1.53. The van der Waals surface area contributed by atoms with Gasteiger partial charge in [0, 0.05) is 13.1 Å². The molecule has 2 rings (SSSR count). The number of nitrogens with one attached hydrogen (secondary N) is 1. The number of hydrogen-bond donors (Lipinski definition) is 1.